The summed E-state index contributed by atoms with van der Waals surface area (Å²) in [5.41, 5.74) is 2.13. The molecule has 0 aliphatic heterocycles. The van der Waals surface area contributed by atoms with Gasteiger partial charge in [0.25, 0.3) is 0 Å². The molecule has 0 bridgehead atoms. The van der Waals surface area contributed by atoms with Gasteiger partial charge in [0, 0.05) is 30.7 Å². The third-order valence-corrected chi connectivity index (χ3v) is 3.32. The number of aromatic nitrogens is 1. The lowest BCUT2D eigenvalue weighted by Gasteiger charge is -2.19. The van der Waals surface area contributed by atoms with Gasteiger partial charge in [-0.2, -0.15) is 5.26 Å². The second-order valence-electron chi connectivity index (χ2n) is 4.64. The molecular weight excluding hydrogens is 238 g/mol. The summed E-state index contributed by atoms with van der Waals surface area (Å²) in [6, 6.07) is 10.0. The molecule has 1 N–H and O–H groups in total. The zero-order valence-electron chi connectivity index (χ0n) is 11.2. The molecule has 1 aromatic heterocycles. The number of carbonyl (C=O) groups excluding carboxylic acids is 1. The molecule has 19 heavy (non-hydrogen) atoms. The van der Waals surface area contributed by atoms with E-state index in [0.29, 0.717) is 13.0 Å². The average Bonchev–Trinajstić information content (AvgIpc) is 2.83. The predicted octanol–water partition coefficient (Wildman–Crippen LogP) is 2.68. The van der Waals surface area contributed by atoms with Crippen molar-refractivity contribution in [2.45, 2.75) is 19.9 Å². The van der Waals surface area contributed by atoms with Crippen LogP contribution in [0.2, 0.25) is 0 Å². The minimum atomic E-state index is -0.546. The number of nitrogens with zero attached hydrogens (tertiary/aromatic N) is 2. The number of para-hydroxylation sites is 1. The van der Waals surface area contributed by atoms with Gasteiger partial charge < -0.3 is 9.88 Å². The third-order valence-electron chi connectivity index (χ3n) is 3.32. The summed E-state index contributed by atoms with van der Waals surface area (Å²) in [7, 11) is 1.74. The first-order valence-corrected chi connectivity index (χ1v) is 6.37. The van der Waals surface area contributed by atoms with Crippen LogP contribution in [0.1, 0.15) is 18.9 Å². The molecule has 4 heteroatoms. The van der Waals surface area contributed by atoms with E-state index in [1.165, 1.54) is 0 Å². The molecule has 1 amide bonds. The lowest BCUT2D eigenvalue weighted by molar-refractivity contribution is -0.133. The van der Waals surface area contributed by atoms with E-state index < -0.39 is 5.92 Å². The maximum atomic E-state index is 12.1. The van der Waals surface area contributed by atoms with Gasteiger partial charge in [-0.15, -0.1) is 0 Å². The lowest BCUT2D eigenvalue weighted by atomic mass is 10.1. The third kappa shape index (κ3) is 2.60. The van der Waals surface area contributed by atoms with Crippen LogP contribution < -0.4 is 0 Å². The van der Waals surface area contributed by atoms with E-state index in [2.05, 4.69) is 11.1 Å². The van der Waals surface area contributed by atoms with Gasteiger partial charge in [-0.1, -0.05) is 25.1 Å². The Kier molecular flexibility index (Phi) is 3.86. The van der Waals surface area contributed by atoms with Gasteiger partial charge in [0.05, 0.1) is 6.07 Å². The second kappa shape index (κ2) is 5.57. The maximum Gasteiger partial charge on any atom is 0.239 e. The van der Waals surface area contributed by atoms with Gasteiger partial charge in [0.2, 0.25) is 5.91 Å². The summed E-state index contributed by atoms with van der Waals surface area (Å²) in [5, 5.41) is 10.1. The van der Waals surface area contributed by atoms with E-state index in [-0.39, 0.29) is 5.91 Å². The molecule has 0 fully saturated rings. The molecule has 4 nitrogen and oxygen atoms in total. The summed E-state index contributed by atoms with van der Waals surface area (Å²) in [4.78, 5) is 16.9. The Hall–Kier alpha value is -2.28. The molecule has 1 unspecified atom stereocenters. The van der Waals surface area contributed by atoms with Crippen molar-refractivity contribution in [1.82, 2.24) is 9.88 Å². The standard InChI is InChI=1S/C15H17N3O/c1-3-11(8-16)15(19)18(2)10-12-9-17-14-7-5-4-6-13(12)14/h4-7,9,11,17H,3,10H2,1-2H3. The van der Waals surface area contributed by atoms with Crippen molar-refractivity contribution in [3.8, 4) is 6.07 Å². The molecule has 0 saturated heterocycles. The van der Waals surface area contributed by atoms with E-state index >= 15 is 0 Å². The van der Waals surface area contributed by atoms with Crippen LogP contribution >= 0.6 is 0 Å². The highest BCUT2D eigenvalue weighted by molar-refractivity contribution is 5.84. The van der Waals surface area contributed by atoms with Gasteiger partial charge in [-0.05, 0) is 18.1 Å². The van der Waals surface area contributed by atoms with Crippen LogP contribution in [0, 0.1) is 17.2 Å². The number of hydrogen-bond donors (Lipinski definition) is 1. The Morgan fingerprint density at radius 1 is 1.47 bits per heavy atom. The van der Waals surface area contributed by atoms with Crippen LogP contribution in [0.5, 0.6) is 0 Å². The maximum absolute atomic E-state index is 12.1. The Balaban J connectivity index is 2.17. The van der Waals surface area contributed by atoms with Crippen LogP contribution in [0.25, 0.3) is 10.9 Å². The Bertz CT molecular complexity index is 624. The largest absolute Gasteiger partial charge is 0.361 e. The molecule has 0 spiro atoms. The molecule has 1 heterocycles. The minimum absolute atomic E-state index is 0.115. The number of carbonyl (C=O) groups is 1. The highest BCUT2D eigenvalue weighted by atomic mass is 16.2. The first-order valence-electron chi connectivity index (χ1n) is 6.37. The first kappa shape index (κ1) is 13.2. The molecule has 1 aromatic carbocycles. The fourth-order valence-electron chi connectivity index (χ4n) is 2.18. The number of nitriles is 1. The average molecular weight is 255 g/mol. The van der Waals surface area contributed by atoms with E-state index in [0.717, 1.165) is 16.5 Å². The van der Waals surface area contributed by atoms with Gasteiger partial charge in [-0.3, -0.25) is 4.79 Å². The smallest absolute Gasteiger partial charge is 0.239 e. The van der Waals surface area contributed by atoms with Crippen molar-refractivity contribution in [2.24, 2.45) is 5.92 Å². The number of amides is 1. The predicted molar refractivity (Wildman–Crippen MR) is 74.2 cm³/mol. The summed E-state index contributed by atoms with van der Waals surface area (Å²) in [6.07, 6.45) is 2.47. The molecule has 0 aliphatic carbocycles. The highest BCUT2D eigenvalue weighted by Gasteiger charge is 2.20. The first-order chi connectivity index (χ1) is 9.17. The summed E-state index contributed by atoms with van der Waals surface area (Å²) < 4.78 is 0. The Morgan fingerprint density at radius 3 is 2.89 bits per heavy atom. The second-order valence-corrected chi connectivity index (χ2v) is 4.64. The number of H-pyrrole nitrogens is 1. The number of benzene rings is 1. The number of fused-ring (bicyclic) bond motifs is 1. The quantitative estimate of drug-likeness (QED) is 0.913. The lowest BCUT2D eigenvalue weighted by Crippen LogP contribution is -2.31. The zero-order valence-corrected chi connectivity index (χ0v) is 11.2. The summed E-state index contributed by atoms with van der Waals surface area (Å²) >= 11 is 0. The van der Waals surface area contributed by atoms with Crippen molar-refractivity contribution in [1.29, 1.82) is 5.26 Å². The van der Waals surface area contributed by atoms with Gasteiger partial charge in [0.1, 0.15) is 5.92 Å². The molecule has 0 aliphatic rings. The topological polar surface area (TPSA) is 59.9 Å². The molecular formula is C15H17N3O. The van der Waals surface area contributed by atoms with Crippen LogP contribution in [-0.4, -0.2) is 22.8 Å². The van der Waals surface area contributed by atoms with Crippen molar-refractivity contribution in [3.05, 3.63) is 36.0 Å². The number of hydrogen-bond acceptors (Lipinski definition) is 2. The van der Waals surface area contributed by atoms with Crippen LogP contribution in [0.15, 0.2) is 30.5 Å². The van der Waals surface area contributed by atoms with Crippen LogP contribution in [0.3, 0.4) is 0 Å². The van der Waals surface area contributed by atoms with Crippen molar-refractivity contribution < 1.29 is 4.79 Å². The summed E-state index contributed by atoms with van der Waals surface area (Å²) in [5.74, 6) is -0.662. The fourth-order valence-corrected chi connectivity index (χ4v) is 2.18. The monoisotopic (exact) mass is 255 g/mol. The fraction of sp³-hybridized carbons (Fsp3) is 0.333. The van der Waals surface area contributed by atoms with Gasteiger partial charge in [-0.25, -0.2) is 0 Å². The van der Waals surface area contributed by atoms with Gasteiger partial charge >= 0.3 is 0 Å². The van der Waals surface area contributed by atoms with E-state index in [4.69, 9.17) is 5.26 Å². The molecule has 98 valence electrons. The SMILES string of the molecule is CCC(C#N)C(=O)N(C)Cc1c[nH]c2ccccc12. The van der Waals surface area contributed by atoms with E-state index in [1.54, 1.807) is 11.9 Å². The zero-order chi connectivity index (χ0) is 13.8. The number of rotatable bonds is 4. The van der Waals surface area contributed by atoms with Crippen LogP contribution in [-0.2, 0) is 11.3 Å². The molecule has 1 atom stereocenters. The Labute approximate surface area is 112 Å². The Morgan fingerprint density at radius 2 is 2.21 bits per heavy atom. The normalized spacial score (nSPS) is 12.1. The van der Waals surface area contributed by atoms with Crippen molar-refractivity contribution in [2.75, 3.05) is 7.05 Å². The summed E-state index contributed by atoms with van der Waals surface area (Å²) in [6.45, 7) is 2.37. The number of nitrogens with one attached hydrogen (secondary N) is 1. The van der Waals surface area contributed by atoms with Gasteiger partial charge in [0.15, 0.2) is 0 Å². The molecule has 2 aromatic rings. The molecule has 0 saturated carbocycles. The van der Waals surface area contributed by atoms with Crippen molar-refractivity contribution >= 4 is 16.8 Å². The van der Waals surface area contributed by atoms with E-state index in [9.17, 15) is 4.79 Å². The number of aromatic amines is 1. The van der Waals surface area contributed by atoms with Crippen molar-refractivity contribution in [3.63, 3.8) is 0 Å². The van der Waals surface area contributed by atoms with Crippen LogP contribution in [0.4, 0.5) is 0 Å². The molecule has 0 radical (unpaired) electrons. The minimum Gasteiger partial charge on any atom is -0.361 e. The molecule has 2 rings (SSSR count). The van der Waals surface area contributed by atoms with E-state index in [1.807, 2.05) is 37.4 Å². The highest BCUT2D eigenvalue weighted by Crippen LogP contribution is 2.19.